The lowest BCUT2D eigenvalue weighted by Gasteiger charge is -2.08. The Morgan fingerprint density at radius 2 is 1.86 bits per heavy atom. The molecular weight excluding hydrogens is 274 g/mol. The average Bonchev–Trinajstić information content (AvgIpc) is 2.38. The van der Waals surface area contributed by atoms with Crippen molar-refractivity contribution in [3.05, 3.63) is 50.6 Å². The number of aryl methyl sites for hydroxylation is 2. The summed E-state index contributed by atoms with van der Waals surface area (Å²) in [4.78, 5) is 43.2. The number of carbonyl (C=O) groups excluding carboxylic acids is 1. The molecule has 0 atom stereocenters. The normalized spacial score (nSPS) is 10.4. The van der Waals surface area contributed by atoms with Gasteiger partial charge in [0.15, 0.2) is 0 Å². The predicted octanol–water partition coefficient (Wildman–Crippen LogP) is -0.407. The molecule has 0 unspecified atom stereocenters. The van der Waals surface area contributed by atoms with Crippen LogP contribution in [0.15, 0.2) is 27.9 Å². The molecule has 0 aromatic carbocycles. The Labute approximate surface area is 120 Å². The molecule has 0 fully saturated rings. The Morgan fingerprint density at radius 1 is 1.24 bits per heavy atom. The van der Waals surface area contributed by atoms with Crippen LogP contribution in [0.3, 0.4) is 0 Å². The molecular formula is C13H15N5O3. The first-order chi connectivity index (χ1) is 9.86. The van der Waals surface area contributed by atoms with E-state index in [-0.39, 0.29) is 12.5 Å². The lowest BCUT2D eigenvalue weighted by Crippen LogP contribution is -2.39. The van der Waals surface area contributed by atoms with E-state index in [2.05, 4.69) is 15.3 Å². The monoisotopic (exact) mass is 289 g/mol. The van der Waals surface area contributed by atoms with Gasteiger partial charge in [-0.25, -0.2) is 14.8 Å². The first-order valence-corrected chi connectivity index (χ1v) is 6.25. The molecule has 2 aromatic rings. The molecule has 0 saturated heterocycles. The summed E-state index contributed by atoms with van der Waals surface area (Å²) >= 11 is 0. The fraction of sp³-hybridized carbons (Fsp3) is 0.308. The summed E-state index contributed by atoms with van der Waals surface area (Å²) in [7, 11) is 1.35. The number of anilines is 1. The third kappa shape index (κ3) is 3.41. The number of hydrogen-bond acceptors (Lipinski definition) is 5. The third-order valence-electron chi connectivity index (χ3n) is 2.81. The van der Waals surface area contributed by atoms with Crippen LogP contribution in [0.4, 0.5) is 5.95 Å². The summed E-state index contributed by atoms with van der Waals surface area (Å²) in [5.74, 6) is -0.254. The van der Waals surface area contributed by atoms with E-state index in [4.69, 9.17) is 0 Å². The molecule has 0 bridgehead atoms. The first-order valence-electron chi connectivity index (χ1n) is 6.25. The summed E-state index contributed by atoms with van der Waals surface area (Å²) in [5, 5.41) is 2.53. The third-order valence-corrected chi connectivity index (χ3v) is 2.81. The molecule has 8 heteroatoms. The van der Waals surface area contributed by atoms with Crippen molar-refractivity contribution in [2.75, 3.05) is 5.32 Å². The van der Waals surface area contributed by atoms with Gasteiger partial charge in [-0.2, -0.15) is 0 Å². The molecule has 21 heavy (non-hydrogen) atoms. The maximum atomic E-state index is 11.9. The van der Waals surface area contributed by atoms with E-state index >= 15 is 0 Å². The Bertz CT molecular complexity index is 786. The average molecular weight is 289 g/mol. The van der Waals surface area contributed by atoms with Gasteiger partial charge in [-0.05, 0) is 19.9 Å². The maximum Gasteiger partial charge on any atom is 0.331 e. The molecule has 2 aromatic heterocycles. The van der Waals surface area contributed by atoms with E-state index < -0.39 is 17.2 Å². The smallest absolute Gasteiger partial charge is 0.293 e. The summed E-state index contributed by atoms with van der Waals surface area (Å²) < 4.78 is 2.07. The second kappa shape index (κ2) is 5.70. The van der Waals surface area contributed by atoms with Gasteiger partial charge in [0.25, 0.3) is 5.56 Å². The van der Waals surface area contributed by atoms with Gasteiger partial charge in [0.1, 0.15) is 6.54 Å². The van der Waals surface area contributed by atoms with Crippen LogP contribution in [0.25, 0.3) is 0 Å². The number of carbonyl (C=O) groups is 1. The van der Waals surface area contributed by atoms with E-state index in [0.717, 1.165) is 20.5 Å². The maximum absolute atomic E-state index is 11.9. The standard InChI is InChI=1S/C13H15N5O3/c1-8-6-9(2)15-12(14-8)16-10(19)7-18-5-4-11(20)17(3)13(18)21/h4-6H,7H2,1-3H3,(H,14,15,16,19). The minimum absolute atomic E-state index is 0.190. The highest BCUT2D eigenvalue weighted by Gasteiger charge is 2.09. The quantitative estimate of drug-likeness (QED) is 0.828. The van der Waals surface area contributed by atoms with Gasteiger partial charge in [-0.1, -0.05) is 0 Å². The summed E-state index contributed by atoms with van der Waals surface area (Å²) in [6.45, 7) is 3.37. The van der Waals surface area contributed by atoms with Crippen molar-refractivity contribution in [3.8, 4) is 0 Å². The predicted molar refractivity (Wildman–Crippen MR) is 76.1 cm³/mol. The van der Waals surface area contributed by atoms with Crippen LogP contribution in [0.1, 0.15) is 11.4 Å². The number of amides is 1. The molecule has 8 nitrogen and oxygen atoms in total. The zero-order valence-corrected chi connectivity index (χ0v) is 12.0. The van der Waals surface area contributed by atoms with Crippen molar-refractivity contribution in [1.82, 2.24) is 19.1 Å². The molecule has 0 aliphatic carbocycles. The van der Waals surface area contributed by atoms with Crippen molar-refractivity contribution in [1.29, 1.82) is 0 Å². The highest BCUT2D eigenvalue weighted by Crippen LogP contribution is 2.03. The van der Waals surface area contributed by atoms with Gasteiger partial charge in [0.2, 0.25) is 11.9 Å². The van der Waals surface area contributed by atoms with Gasteiger partial charge < -0.3 is 0 Å². The van der Waals surface area contributed by atoms with E-state index in [1.165, 1.54) is 19.3 Å². The number of nitrogens with zero attached hydrogens (tertiary/aromatic N) is 4. The van der Waals surface area contributed by atoms with Gasteiger partial charge in [0, 0.05) is 30.7 Å². The first kappa shape index (κ1) is 14.6. The zero-order chi connectivity index (χ0) is 15.6. The Hall–Kier alpha value is -2.77. The minimum Gasteiger partial charge on any atom is -0.293 e. The lowest BCUT2D eigenvalue weighted by molar-refractivity contribution is -0.116. The fourth-order valence-electron chi connectivity index (χ4n) is 1.84. The van der Waals surface area contributed by atoms with Crippen LogP contribution >= 0.6 is 0 Å². The minimum atomic E-state index is -0.556. The molecule has 2 rings (SSSR count). The molecule has 110 valence electrons. The van der Waals surface area contributed by atoms with Crippen LogP contribution in [-0.2, 0) is 18.4 Å². The summed E-state index contributed by atoms with van der Waals surface area (Å²) in [5.41, 5.74) is 0.488. The van der Waals surface area contributed by atoms with Crippen molar-refractivity contribution in [2.45, 2.75) is 20.4 Å². The largest absolute Gasteiger partial charge is 0.331 e. The molecule has 0 saturated carbocycles. The van der Waals surface area contributed by atoms with Crippen LogP contribution in [0.2, 0.25) is 0 Å². The van der Waals surface area contributed by atoms with E-state index in [9.17, 15) is 14.4 Å². The summed E-state index contributed by atoms with van der Waals surface area (Å²) in [6.07, 6.45) is 1.28. The SMILES string of the molecule is Cc1cc(C)nc(NC(=O)Cn2ccc(=O)n(C)c2=O)n1. The van der Waals surface area contributed by atoms with Crippen molar-refractivity contribution in [2.24, 2.45) is 7.05 Å². The highest BCUT2D eigenvalue weighted by molar-refractivity contribution is 5.88. The molecule has 1 amide bonds. The molecule has 1 N–H and O–H groups in total. The second-order valence-corrected chi connectivity index (χ2v) is 4.65. The van der Waals surface area contributed by atoms with Crippen LogP contribution in [0.5, 0.6) is 0 Å². The zero-order valence-electron chi connectivity index (χ0n) is 12.0. The Balaban J connectivity index is 2.17. The molecule has 0 spiro atoms. The second-order valence-electron chi connectivity index (χ2n) is 4.65. The lowest BCUT2D eigenvalue weighted by atomic mass is 10.4. The Kier molecular flexibility index (Phi) is 3.97. The topological polar surface area (TPSA) is 98.9 Å². The molecule has 0 aliphatic heterocycles. The Morgan fingerprint density at radius 3 is 2.48 bits per heavy atom. The van der Waals surface area contributed by atoms with Crippen LogP contribution in [0, 0.1) is 13.8 Å². The van der Waals surface area contributed by atoms with Gasteiger partial charge in [-0.3, -0.25) is 24.0 Å². The van der Waals surface area contributed by atoms with E-state index in [0.29, 0.717) is 0 Å². The van der Waals surface area contributed by atoms with E-state index in [1.54, 1.807) is 19.9 Å². The summed E-state index contributed by atoms with van der Waals surface area (Å²) in [6, 6.07) is 3.01. The number of rotatable bonds is 3. The van der Waals surface area contributed by atoms with Gasteiger partial charge in [0.05, 0.1) is 0 Å². The number of aromatic nitrogens is 4. The molecule has 2 heterocycles. The van der Waals surface area contributed by atoms with Crippen molar-refractivity contribution in [3.63, 3.8) is 0 Å². The highest BCUT2D eigenvalue weighted by atomic mass is 16.2. The van der Waals surface area contributed by atoms with Gasteiger partial charge >= 0.3 is 5.69 Å². The van der Waals surface area contributed by atoms with E-state index in [1.807, 2.05) is 0 Å². The van der Waals surface area contributed by atoms with Crippen LogP contribution < -0.4 is 16.6 Å². The van der Waals surface area contributed by atoms with Crippen LogP contribution in [-0.4, -0.2) is 25.0 Å². The van der Waals surface area contributed by atoms with Crippen molar-refractivity contribution < 1.29 is 4.79 Å². The van der Waals surface area contributed by atoms with Gasteiger partial charge in [-0.15, -0.1) is 0 Å². The number of hydrogen-bond donors (Lipinski definition) is 1. The number of nitrogens with one attached hydrogen (secondary N) is 1. The van der Waals surface area contributed by atoms with Crippen molar-refractivity contribution >= 4 is 11.9 Å². The molecule has 0 aliphatic rings. The fourth-order valence-corrected chi connectivity index (χ4v) is 1.84. The molecule has 0 radical (unpaired) electrons.